The summed E-state index contributed by atoms with van der Waals surface area (Å²) in [5.74, 6) is 0.0167. The molecule has 20 heteroatoms. The molecule has 10 rings (SSSR count). The normalized spacial score (nSPS) is 10.8. The molecule has 0 aliphatic heterocycles. The molecule has 0 atom stereocenters. The quantitative estimate of drug-likeness (QED) is 0.109. The van der Waals surface area contributed by atoms with Gasteiger partial charge in [0.25, 0.3) is 11.1 Å². The first-order valence-corrected chi connectivity index (χ1v) is 22.3. The first-order chi connectivity index (χ1) is 32.9. The fourth-order valence-electron chi connectivity index (χ4n) is 7.16. The predicted octanol–water partition coefficient (Wildman–Crippen LogP) is 11.5. The Hall–Kier alpha value is -7.37. The van der Waals surface area contributed by atoms with E-state index < -0.39 is 22.8 Å². The molecule has 0 saturated heterocycles. The van der Waals surface area contributed by atoms with Crippen molar-refractivity contribution in [1.29, 1.82) is 0 Å². The van der Waals surface area contributed by atoms with Crippen molar-refractivity contribution < 1.29 is 8.78 Å². The van der Waals surface area contributed by atoms with Crippen LogP contribution in [0.3, 0.4) is 0 Å². The number of anilines is 5. The Labute approximate surface area is 413 Å². The molecule has 8 heterocycles. The van der Waals surface area contributed by atoms with Crippen molar-refractivity contribution in [2.75, 3.05) is 49.0 Å². The van der Waals surface area contributed by atoms with Gasteiger partial charge in [-0.3, -0.25) is 9.59 Å². The number of benzene rings is 2. The van der Waals surface area contributed by atoms with E-state index in [-0.39, 0.29) is 22.3 Å². The van der Waals surface area contributed by atoms with Gasteiger partial charge in [0.1, 0.15) is 40.2 Å². The summed E-state index contributed by atoms with van der Waals surface area (Å²) in [7, 11) is 11.0. The minimum Gasteiger partial charge on any atom is -0.396 e. The number of nitrogens with zero attached hydrogens (tertiary/aromatic N) is 7. The Morgan fingerprint density at radius 3 is 1.65 bits per heavy atom. The fourth-order valence-corrected chi connectivity index (χ4v) is 7.92. The molecule has 0 spiro atoms. The molecule has 2 aromatic carbocycles. The van der Waals surface area contributed by atoms with Crippen molar-refractivity contribution in [3.05, 3.63) is 175 Å². The van der Waals surface area contributed by atoms with E-state index in [1.54, 1.807) is 60.7 Å². The number of aryl methyl sites for hydroxylation is 2. The average molecular weight is 1010 g/mol. The molecule has 0 saturated carbocycles. The van der Waals surface area contributed by atoms with Gasteiger partial charge in [-0.05, 0) is 84.9 Å². The minimum atomic E-state index is -0.521. The van der Waals surface area contributed by atoms with Crippen LogP contribution < -0.4 is 32.0 Å². The van der Waals surface area contributed by atoms with Gasteiger partial charge in [-0.25, -0.2) is 23.7 Å². The van der Waals surface area contributed by atoms with E-state index >= 15 is 0 Å². The lowest BCUT2D eigenvalue weighted by molar-refractivity contribution is 0.630. The fraction of sp³-hybridized carbons (Fsp3) is 0.122. The smallest absolute Gasteiger partial charge is 0.257 e. The lowest BCUT2D eigenvalue weighted by atomic mass is 10.1. The molecule has 0 aliphatic carbocycles. The van der Waals surface area contributed by atoms with Gasteiger partial charge in [0, 0.05) is 117 Å². The van der Waals surface area contributed by atoms with Crippen LogP contribution in [0, 0.1) is 11.6 Å². The number of H-pyrrole nitrogens is 3. The van der Waals surface area contributed by atoms with Crippen molar-refractivity contribution in [3.8, 4) is 22.3 Å². The molecule has 8 aromatic heterocycles. The van der Waals surface area contributed by atoms with Crippen LogP contribution in [0.1, 0.15) is 0 Å². The SMILES string of the molecule is CN(C)c1[nH]c(=O)c(-c2cc(Cl)ccc2F)cc1N.CN(C)c1[nH]c(=O)c(-c2cc(Cl)ccc2F)cc1Nc1ccnc2c1ccn2C.Clc1ccnc2[nH]ccc12.Cn1ccc2c(Cl)ccnc21. The Balaban J connectivity index is 0.000000149. The van der Waals surface area contributed by atoms with Gasteiger partial charge in [0.05, 0.1) is 38.2 Å². The van der Waals surface area contributed by atoms with Gasteiger partial charge in [0.2, 0.25) is 0 Å². The predicted molar refractivity (Wildman–Crippen MR) is 279 cm³/mol. The summed E-state index contributed by atoms with van der Waals surface area (Å²) in [5.41, 5.74) is 10.1. The summed E-state index contributed by atoms with van der Waals surface area (Å²) in [4.78, 5) is 49.2. The zero-order chi connectivity index (χ0) is 49.7. The zero-order valence-electron chi connectivity index (χ0n) is 37.8. The molecule has 0 amide bonds. The molecule has 0 bridgehead atoms. The largest absolute Gasteiger partial charge is 0.396 e. The van der Waals surface area contributed by atoms with Gasteiger partial charge in [-0.1, -0.05) is 46.4 Å². The van der Waals surface area contributed by atoms with Gasteiger partial charge < -0.3 is 44.9 Å². The molecular weight excluding hydrogens is 968 g/mol. The molecule has 354 valence electrons. The third-order valence-electron chi connectivity index (χ3n) is 10.6. The molecule has 0 fully saturated rings. The number of halogens is 6. The molecule has 10 aromatic rings. The molecular formula is C49H44Cl4F2N12O2. The van der Waals surface area contributed by atoms with E-state index in [9.17, 15) is 18.4 Å². The first kappa shape index (κ1) is 49.5. The molecule has 0 radical (unpaired) electrons. The second-order valence-electron chi connectivity index (χ2n) is 15.8. The minimum absolute atomic E-state index is 0.130. The summed E-state index contributed by atoms with van der Waals surface area (Å²) >= 11 is 23.6. The Morgan fingerprint density at radius 1 is 0.580 bits per heavy atom. The maximum absolute atomic E-state index is 14.4. The second-order valence-corrected chi connectivity index (χ2v) is 17.5. The Morgan fingerprint density at radius 2 is 1.09 bits per heavy atom. The molecule has 6 N–H and O–H groups in total. The number of rotatable bonds is 6. The van der Waals surface area contributed by atoms with E-state index in [2.05, 4.69) is 35.2 Å². The molecule has 14 nitrogen and oxygen atoms in total. The average Bonchev–Trinajstić information content (AvgIpc) is 4.07. The van der Waals surface area contributed by atoms with Crippen LogP contribution in [0.15, 0.2) is 132 Å². The number of fused-ring (bicyclic) bond motifs is 3. The van der Waals surface area contributed by atoms with Crippen molar-refractivity contribution in [2.45, 2.75) is 0 Å². The maximum Gasteiger partial charge on any atom is 0.257 e. The maximum atomic E-state index is 14.4. The first-order valence-electron chi connectivity index (χ1n) is 20.8. The van der Waals surface area contributed by atoms with Crippen molar-refractivity contribution in [3.63, 3.8) is 0 Å². The van der Waals surface area contributed by atoms with E-state index in [4.69, 9.17) is 52.1 Å². The number of hydrogen-bond acceptors (Lipinski definition) is 9. The van der Waals surface area contributed by atoms with Crippen LogP contribution >= 0.6 is 46.4 Å². The van der Waals surface area contributed by atoms with Crippen molar-refractivity contribution >= 4 is 108 Å². The van der Waals surface area contributed by atoms with Gasteiger partial charge in [0.15, 0.2) is 0 Å². The highest BCUT2D eigenvalue weighted by Crippen LogP contribution is 2.33. The Kier molecular flexibility index (Phi) is 15.3. The van der Waals surface area contributed by atoms with E-state index in [1.165, 1.54) is 42.5 Å². The summed E-state index contributed by atoms with van der Waals surface area (Å²) in [6, 6.07) is 22.5. The van der Waals surface area contributed by atoms with Crippen molar-refractivity contribution in [1.82, 2.24) is 39.0 Å². The second kappa shape index (κ2) is 21.3. The number of nitrogens with two attached hydrogens (primary N) is 1. The highest BCUT2D eigenvalue weighted by molar-refractivity contribution is 6.35. The van der Waals surface area contributed by atoms with Gasteiger partial charge in [-0.15, -0.1) is 0 Å². The third-order valence-corrected chi connectivity index (χ3v) is 11.7. The topological polar surface area (TPSA) is 175 Å². The number of nitrogens with one attached hydrogen (secondary N) is 4. The number of aromatic nitrogens is 8. The number of nitrogen functional groups attached to an aromatic ring is 1. The monoisotopic (exact) mass is 1010 g/mol. The van der Waals surface area contributed by atoms with Crippen LogP contribution in [-0.2, 0) is 14.1 Å². The summed E-state index contributed by atoms with van der Waals surface area (Å²) in [6.07, 6.45) is 10.8. The van der Waals surface area contributed by atoms with Crippen LogP contribution in [0.25, 0.3) is 55.4 Å². The van der Waals surface area contributed by atoms with Crippen molar-refractivity contribution in [2.24, 2.45) is 14.1 Å². The summed E-state index contributed by atoms with van der Waals surface area (Å²) in [5, 5.41) is 8.49. The lowest BCUT2D eigenvalue weighted by Gasteiger charge is -2.19. The lowest BCUT2D eigenvalue weighted by Crippen LogP contribution is -2.20. The van der Waals surface area contributed by atoms with E-state index in [0.717, 1.165) is 48.8 Å². The van der Waals surface area contributed by atoms with Gasteiger partial charge in [-0.2, -0.15) is 0 Å². The standard InChI is InChI=1S/C21H19ClFN5O.C13H13ClFN3O.C8H7ClN2.C7H5ClN2/c1-27(2)20-18(25-17-6-8-24-19-13(17)7-9-28(19)3)11-15(21(29)26-20)14-10-12(22)4-5-16(14)23;1-18(2)12-11(16)6-9(13(19)17-12)8-5-7(14)3-4-10(8)15;1-11-5-3-6-7(9)2-4-10-8(6)11;8-6-2-4-10-7-5(6)1-3-9-7/h4-11H,1-3H3,(H,24,25)(H,26,29);3-6H,16H2,1-2H3,(H,17,19);2-5H,1H3;1-4H,(H,9,10). The highest BCUT2D eigenvalue weighted by Gasteiger charge is 2.17. The number of aromatic amines is 3. The number of hydrogen-bond donors (Lipinski definition) is 5. The third kappa shape index (κ3) is 11.2. The molecule has 0 unspecified atom stereocenters. The summed E-state index contributed by atoms with van der Waals surface area (Å²) in [6.45, 7) is 0. The van der Waals surface area contributed by atoms with Crippen LogP contribution in [0.2, 0.25) is 20.1 Å². The summed E-state index contributed by atoms with van der Waals surface area (Å²) < 4.78 is 32.0. The highest BCUT2D eigenvalue weighted by atomic mass is 35.5. The van der Waals surface area contributed by atoms with Gasteiger partial charge >= 0.3 is 0 Å². The number of pyridine rings is 5. The van der Waals surface area contributed by atoms with Crippen LogP contribution in [0.5, 0.6) is 0 Å². The molecule has 69 heavy (non-hydrogen) atoms. The van der Waals surface area contributed by atoms with E-state index in [1.807, 2.05) is 80.2 Å². The van der Waals surface area contributed by atoms with E-state index in [0.29, 0.717) is 33.1 Å². The Bertz CT molecular complexity index is 3580. The molecule has 0 aliphatic rings. The zero-order valence-corrected chi connectivity index (χ0v) is 40.9. The van der Waals surface area contributed by atoms with Crippen LogP contribution in [-0.4, -0.2) is 67.2 Å². The van der Waals surface area contributed by atoms with Crippen LogP contribution in [0.4, 0.5) is 37.5 Å².